The zero-order valence-electron chi connectivity index (χ0n) is 20.7. The first-order chi connectivity index (χ1) is 18.3. The molecule has 0 atom stereocenters. The Kier molecular flexibility index (Phi) is 7.02. The van der Waals surface area contributed by atoms with Gasteiger partial charge in [-0.15, -0.1) is 0 Å². The highest BCUT2D eigenvalue weighted by Crippen LogP contribution is 2.29. The topological polar surface area (TPSA) is 99.6 Å². The summed E-state index contributed by atoms with van der Waals surface area (Å²) in [6.45, 7) is 4.03. The predicted molar refractivity (Wildman–Crippen MR) is 152 cm³/mol. The quantitative estimate of drug-likeness (QED) is 0.122. The molecule has 0 spiro atoms. The van der Waals surface area contributed by atoms with Gasteiger partial charge in [-0.1, -0.05) is 72.2 Å². The standard InChI is InChI=1S/C29H23BrN4O4/c1-18(2)28-32-25-12-11-22(30)15-24(25)29(35)33(28)31-16-19-10-13-27(26(14-19)34(36)37)38-17-21-8-5-7-20-6-3-4-9-23(20)21/h3-16,18H,17H2,1-2H3. The highest BCUT2D eigenvalue weighted by atomic mass is 79.9. The number of nitrogens with zero attached hydrogens (tertiary/aromatic N) is 4. The molecule has 0 aliphatic heterocycles. The van der Waals surface area contributed by atoms with Crippen LogP contribution in [0.2, 0.25) is 0 Å². The number of hydrogen-bond acceptors (Lipinski definition) is 6. The smallest absolute Gasteiger partial charge is 0.311 e. The third-order valence-corrected chi connectivity index (χ3v) is 6.61. The molecule has 0 aliphatic rings. The van der Waals surface area contributed by atoms with E-state index in [1.807, 2.05) is 62.4 Å². The van der Waals surface area contributed by atoms with Gasteiger partial charge in [-0.3, -0.25) is 14.9 Å². The minimum Gasteiger partial charge on any atom is -0.482 e. The van der Waals surface area contributed by atoms with E-state index in [9.17, 15) is 14.9 Å². The Morgan fingerprint density at radius 1 is 1.05 bits per heavy atom. The van der Waals surface area contributed by atoms with Crippen molar-refractivity contribution in [2.75, 3.05) is 0 Å². The minimum atomic E-state index is -0.489. The van der Waals surface area contributed by atoms with Gasteiger partial charge in [0, 0.05) is 22.0 Å². The van der Waals surface area contributed by atoms with Gasteiger partial charge in [-0.2, -0.15) is 9.78 Å². The highest BCUT2D eigenvalue weighted by Gasteiger charge is 2.17. The monoisotopic (exact) mass is 570 g/mol. The van der Waals surface area contributed by atoms with Gasteiger partial charge in [-0.05, 0) is 46.7 Å². The van der Waals surface area contributed by atoms with Crippen LogP contribution in [0.5, 0.6) is 5.75 Å². The van der Waals surface area contributed by atoms with Gasteiger partial charge in [0.15, 0.2) is 5.75 Å². The zero-order chi connectivity index (χ0) is 26.8. The Balaban J connectivity index is 1.47. The SMILES string of the molecule is CC(C)c1nc2ccc(Br)cc2c(=O)n1N=Cc1ccc(OCc2cccc3ccccc23)c([N+](=O)[O-])c1. The third-order valence-electron chi connectivity index (χ3n) is 6.11. The lowest BCUT2D eigenvalue weighted by atomic mass is 10.1. The van der Waals surface area contributed by atoms with Crippen molar-refractivity contribution in [1.29, 1.82) is 0 Å². The van der Waals surface area contributed by atoms with Crippen LogP contribution in [0.25, 0.3) is 21.7 Å². The zero-order valence-corrected chi connectivity index (χ0v) is 22.3. The summed E-state index contributed by atoms with van der Waals surface area (Å²) in [5, 5.41) is 18.8. The first kappa shape index (κ1) is 25.3. The Hall–Kier alpha value is -4.37. The molecule has 1 heterocycles. The summed E-state index contributed by atoms with van der Waals surface area (Å²) in [7, 11) is 0. The van der Waals surface area contributed by atoms with Crippen LogP contribution in [0.4, 0.5) is 5.69 Å². The lowest BCUT2D eigenvalue weighted by Gasteiger charge is -2.12. The van der Waals surface area contributed by atoms with E-state index in [1.165, 1.54) is 17.0 Å². The molecule has 0 saturated heterocycles. The van der Waals surface area contributed by atoms with Gasteiger partial charge < -0.3 is 4.74 Å². The van der Waals surface area contributed by atoms with Crippen LogP contribution in [-0.4, -0.2) is 20.8 Å². The van der Waals surface area contributed by atoms with Crippen LogP contribution in [0.15, 0.2) is 93.2 Å². The van der Waals surface area contributed by atoms with Crippen LogP contribution in [0.1, 0.15) is 36.7 Å². The lowest BCUT2D eigenvalue weighted by Crippen LogP contribution is -2.23. The number of hydrogen-bond donors (Lipinski definition) is 0. The van der Waals surface area contributed by atoms with Crippen LogP contribution in [-0.2, 0) is 6.61 Å². The number of fused-ring (bicyclic) bond motifs is 2. The van der Waals surface area contributed by atoms with Crippen molar-refractivity contribution < 1.29 is 9.66 Å². The molecular formula is C29H23BrN4O4. The van der Waals surface area contributed by atoms with Crippen molar-refractivity contribution in [2.45, 2.75) is 26.4 Å². The number of ether oxygens (including phenoxy) is 1. The predicted octanol–water partition coefficient (Wildman–Crippen LogP) is 6.81. The third kappa shape index (κ3) is 5.05. The number of aromatic nitrogens is 2. The molecule has 0 saturated carbocycles. The van der Waals surface area contributed by atoms with Crippen molar-refractivity contribution in [2.24, 2.45) is 5.10 Å². The van der Waals surface area contributed by atoms with Crippen molar-refractivity contribution in [3.63, 3.8) is 0 Å². The maximum atomic E-state index is 13.2. The second-order valence-electron chi connectivity index (χ2n) is 9.06. The van der Waals surface area contributed by atoms with Crippen molar-refractivity contribution in [3.05, 3.63) is 121 Å². The Labute approximate surface area is 226 Å². The fourth-order valence-electron chi connectivity index (χ4n) is 4.23. The molecule has 8 nitrogen and oxygen atoms in total. The van der Waals surface area contributed by atoms with Gasteiger partial charge in [-0.25, -0.2) is 4.98 Å². The van der Waals surface area contributed by atoms with Gasteiger partial charge in [0.05, 0.1) is 22.0 Å². The van der Waals surface area contributed by atoms with Gasteiger partial charge >= 0.3 is 5.69 Å². The molecule has 9 heteroatoms. The lowest BCUT2D eigenvalue weighted by molar-refractivity contribution is -0.385. The first-order valence-electron chi connectivity index (χ1n) is 12.0. The summed E-state index contributed by atoms with van der Waals surface area (Å²) < 4.78 is 7.89. The number of halogens is 1. The second-order valence-corrected chi connectivity index (χ2v) is 9.97. The first-order valence-corrected chi connectivity index (χ1v) is 12.8. The van der Waals surface area contributed by atoms with Crippen LogP contribution in [0, 0.1) is 10.1 Å². The van der Waals surface area contributed by atoms with E-state index in [4.69, 9.17) is 4.74 Å². The van der Waals surface area contributed by atoms with Crippen molar-refractivity contribution >= 4 is 49.5 Å². The van der Waals surface area contributed by atoms with Crippen LogP contribution >= 0.6 is 15.9 Å². The molecule has 0 bridgehead atoms. The molecule has 5 aromatic rings. The second kappa shape index (κ2) is 10.5. The largest absolute Gasteiger partial charge is 0.482 e. The molecule has 0 fully saturated rings. The molecule has 0 amide bonds. The van der Waals surface area contributed by atoms with E-state index in [0.717, 1.165) is 20.8 Å². The molecule has 1 aromatic heterocycles. The molecule has 0 radical (unpaired) electrons. The number of nitro groups is 1. The summed E-state index contributed by atoms with van der Waals surface area (Å²) in [6, 6.07) is 23.7. The van der Waals surface area contributed by atoms with E-state index in [-0.39, 0.29) is 29.5 Å². The summed E-state index contributed by atoms with van der Waals surface area (Å²) in [6.07, 6.45) is 1.42. The van der Waals surface area contributed by atoms with Gasteiger partial charge in [0.1, 0.15) is 12.4 Å². The van der Waals surface area contributed by atoms with Crippen molar-refractivity contribution in [3.8, 4) is 5.75 Å². The Bertz CT molecular complexity index is 1770. The highest BCUT2D eigenvalue weighted by molar-refractivity contribution is 9.10. The minimum absolute atomic E-state index is 0.0768. The van der Waals surface area contributed by atoms with E-state index in [0.29, 0.717) is 22.3 Å². The summed E-state index contributed by atoms with van der Waals surface area (Å²) in [5.41, 5.74) is 1.45. The Morgan fingerprint density at radius 2 is 1.84 bits per heavy atom. The van der Waals surface area contributed by atoms with Crippen molar-refractivity contribution in [1.82, 2.24) is 9.66 Å². The molecule has 190 valence electrons. The summed E-state index contributed by atoms with van der Waals surface area (Å²) in [4.78, 5) is 29.2. The molecule has 4 aromatic carbocycles. The van der Waals surface area contributed by atoms with Crippen LogP contribution in [0.3, 0.4) is 0 Å². The molecule has 0 unspecified atom stereocenters. The van der Waals surface area contributed by atoms with E-state index < -0.39 is 4.92 Å². The maximum absolute atomic E-state index is 13.2. The number of benzene rings is 4. The van der Waals surface area contributed by atoms with E-state index in [2.05, 4.69) is 26.0 Å². The number of rotatable bonds is 7. The summed E-state index contributed by atoms with van der Waals surface area (Å²) >= 11 is 3.39. The fraction of sp³-hybridized carbons (Fsp3) is 0.138. The summed E-state index contributed by atoms with van der Waals surface area (Å²) in [5.74, 6) is 0.565. The van der Waals surface area contributed by atoms with E-state index >= 15 is 0 Å². The Morgan fingerprint density at radius 3 is 2.63 bits per heavy atom. The maximum Gasteiger partial charge on any atom is 0.311 e. The average Bonchev–Trinajstić information content (AvgIpc) is 2.91. The molecule has 5 rings (SSSR count). The fourth-order valence-corrected chi connectivity index (χ4v) is 4.59. The molecule has 0 N–H and O–H groups in total. The average molecular weight is 571 g/mol. The van der Waals surface area contributed by atoms with Gasteiger partial charge in [0.2, 0.25) is 0 Å². The molecule has 38 heavy (non-hydrogen) atoms. The molecule has 0 aliphatic carbocycles. The van der Waals surface area contributed by atoms with Crippen LogP contribution < -0.4 is 10.3 Å². The van der Waals surface area contributed by atoms with Gasteiger partial charge in [0.25, 0.3) is 5.56 Å². The molecular weight excluding hydrogens is 548 g/mol. The number of nitro benzene ring substituents is 1. The van der Waals surface area contributed by atoms with E-state index in [1.54, 1.807) is 24.3 Å². The normalized spacial score (nSPS) is 11.6.